The van der Waals surface area contributed by atoms with Gasteiger partial charge in [-0.2, -0.15) is 0 Å². The van der Waals surface area contributed by atoms with Crippen molar-refractivity contribution in [3.63, 3.8) is 0 Å². The van der Waals surface area contributed by atoms with E-state index in [1.807, 2.05) is 6.20 Å². The number of aromatic nitrogens is 1. The molecule has 2 aromatic rings. The zero-order valence-electron chi connectivity index (χ0n) is 21.5. The van der Waals surface area contributed by atoms with Crippen molar-refractivity contribution in [2.24, 2.45) is 11.8 Å². The lowest BCUT2D eigenvalue weighted by atomic mass is 9.72. The number of nitrogens with zero attached hydrogens (tertiary/aromatic N) is 1. The number of hydrogen-bond donors (Lipinski definition) is 0. The van der Waals surface area contributed by atoms with Gasteiger partial charge in [0.25, 0.3) is 0 Å². The quantitative estimate of drug-likeness (QED) is 0.268. The highest BCUT2D eigenvalue weighted by atomic mass is 16.5. The van der Waals surface area contributed by atoms with E-state index in [1.54, 1.807) is 0 Å². The smallest absolute Gasteiger partial charge is 0.127 e. The second kappa shape index (κ2) is 14.4. The first-order chi connectivity index (χ1) is 16.2. The van der Waals surface area contributed by atoms with E-state index in [2.05, 4.69) is 62.3 Å². The molecule has 1 aliphatic rings. The molecule has 0 N–H and O–H groups in total. The van der Waals surface area contributed by atoms with E-state index in [1.165, 1.54) is 93.7 Å². The van der Waals surface area contributed by atoms with Crippen molar-refractivity contribution in [3.8, 4) is 16.9 Å². The molecule has 1 fully saturated rings. The summed E-state index contributed by atoms with van der Waals surface area (Å²) in [4.78, 5) is 4.54. The Labute approximate surface area is 203 Å². The van der Waals surface area contributed by atoms with Gasteiger partial charge >= 0.3 is 0 Å². The zero-order chi connectivity index (χ0) is 23.3. The van der Waals surface area contributed by atoms with Crippen LogP contribution in [0.5, 0.6) is 5.75 Å². The molecule has 1 aromatic carbocycles. The predicted octanol–water partition coefficient (Wildman–Crippen LogP) is 9.59. The first-order valence-corrected chi connectivity index (χ1v) is 13.9. The Morgan fingerprint density at radius 3 is 2.36 bits per heavy atom. The fraction of sp³-hybridized carbons (Fsp3) is 0.645. The zero-order valence-corrected chi connectivity index (χ0v) is 21.5. The molecule has 0 amide bonds. The van der Waals surface area contributed by atoms with E-state index in [4.69, 9.17) is 4.74 Å². The first kappa shape index (κ1) is 25.8. The molecule has 0 aliphatic heterocycles. The molecule has 2 nitrogen and oxygen atoms in total. The van der Waals surface area contributed by atoms with Crippen molar-refractivity contribution in [1.82, 2.24) is 4.98 Å². The summed E-state index contributed by atoms with van der Waals surface area (Å²) in [5.74, 6) is 3.27. The molecule has 0 saturated heterocycles. The molecule has 1 unspecified atom stereocenters. The van der Waals surface area contributed by atoms with Gasteiger partial charge < -0.3 is 4.74 Å². The minimum absolute atomic E-state index is 0.535. The molecule has 0 radical (unpaired) electrons. The van der Waals surface area contributed by atoms with E-state index in [0.29, 0.717) is 5.92 Å². The maximum absolute atomic E-state index is 6.23. The van der Waals surface area contributed by atoms with E-state index in [0.717, 1.165) is 30.6 Å². The van der Waals surface area contributed by atoms with Gasteiger partial charge in [0.2, 0.25) is 0 Å². The Bertz CT molecular complexity index is 793. The lowest BCUT2D eigenvalue weighted by Crippen LogP contribution is -2.19. The van der Waals surface area contributed by atoms with E-state index < -0.39 is 0 Å². The molecule has 0 bridgehead atoms. The van der Waals surface area contributed by atoms with Crippen LogP contribution < -0.4 is 4.74 Å². The van der Waals surface area contributed by atoms with Crippen molar-refractivity contribution in [2.75, 3.05) is 6.61 Å². The fourth-order valence-corrected chi connectivity index (χ4v) is 5.63. The van der Waals surface area contributed by atoms with Crippen LogP contribution in [0, 0.1) is 11.8 Å². The molecular formula is C31H47NO. The molecule has 0 spiro atoms. The summed E-state index contributed by atoms with van der Waals surface area (Å²) in [5.41, 5.74) is 3.92. The Balaban J connectivity index is 1.62. The molecule has 1 aliphatic carbocycles. The molecule has 1 atom stereocenters. The van der Waals surface area contributed by atoms with Gasteiger partial charge in [0.05, 0.1) is 6.61 Å². The Morgan fingerprint density at radius 2 is 1.58 bits per heavy atom. The van der Waals surface area contributed by atoms with Crippen LogP contribution in [0.1, 0.15) is 116 Å². The highest BCUT2D eigenvalue weighted by Gasteiger charge is 2.27. The van der Waals surface area contributed by atoms with Gasteiger partial charge in [0.15, 0.2) is 0 Å². The van der Waals surface area contributed by atoms with Gasteiger partial charge in [-0.25, -0.2) is 0 Å². The molecule has 182 valence electrons. The summed E-state index contributed by atoms with van der Waals surface area (Å²) in [6.07, 6.45) is 21.7. The number of benzene rings is 1. The van der Waals surface area contributed by atoms with Crippen LogP contribution in [-0.2, 0) is 0 Å². The third-order valence-electron chi connectivity index (χ3n) is 7.84. The minimum Gasteiger partial charge on any atom is -0.493 e. The van der Waals surface area contributed by atoms with Crippen LogP contribution in [0.2, 0.25) is 0 Å². The van der Waals surface area contributed by atoms with E-state index in [9.17, 15) is 0 Å². The molecule has 1 heterocycles. The summed E-state index contributed by atoms with van der Waals surface area (Å²) < 4.78 is 6.23. The van der Waals surface area contributed by atoms with Crippen LogP contribution in [0.3, 0.4) is 0 Å². The summed E-state index contributed by atoms with van der Waals surface area (Å²) in [6.45, 7) is 7.76. The largest absolute Gasteiger partial charge is 0.493 e. The van der Waals surface area contributed by atoms with Gasteiger partial charge in [0, 0.05) is 18.0 Å². The maximum atomic E-state index is 6.23. The summed E-state index contributed by atoms with van der Waals surface area (Å²) in [6, 6.07) is 10.8. The first-order valence-electron chi connectivity index (χ1n) is 13.9. The second-order valence-electron chi connectivity index (χ2n) is 10.3. The van der Waals surface area contributed by atoms with Gasteiger partial charge in [-0.05, 0) is 60.3 Å². The normalized spacial score (nSPS) is 19.4. The van der Waals surface area contributed by atoms with Crippen molar-refractivity contribution >= 4 is 0 Å². The van der Waals surface area contributed by atoms with Crippen LogP contribution in [-0.4, -0.2) is 11.6 Å². The maximum Gasteiger partial charge on any atom is 0.127 e. The predicted molar refractivity (Wildman–Crippen MR) is 142 cm³/mol. The van der Waals surface area contributed by atoms with E-state index in [-0.39, 0.29) is 0 Å². The SMILES string of the molecule is CCCCCCCC1CCC(C(C)c2cnccc2-c2ccccc2OCCCCC)CC1. The summed E-state index contributed by atoms with van der Waals surface area (Å²) in [7, 11) is 0. The third kappa shape index (κ3) is 7.87. The molecular weight excluding hydrogens is 402 g/mol. The Kier molecular flexibility index (Phi) is 11.3. The van der Waals surface area contributed by atoms with Crippen molar-refractivity contribution in [1.29, 1.82) is 0 Å². The van der Waals surface area contributed by atoms with Gasteiger partial charge in [-0.15, -0.1) is 0 Å². The van der Waals surface area contributed by atoms with Crippen molar-refractivity contribution in [2.45, 2.75) is 110 Å². The number of ether oxygens (including phenoxy) is 1. The van der Waals surface area contributed by atoms with Crippen LogP contribution in [0.25, 0.3) is 11.1 Å². The average Bonchev–Trinajstić information content (AvgIpc) is 2.87. The van der Waals surface area contributed by atoms with Crippen LogP contribution in [0.4, 0.5) is 0 Å². The summed E-state index contributed by atoms with van der Waals surface area (Å²) >= 11 is 0. The molecule has 3 rings (SSSR count). The van der Waals surface area contributed by atoms with Gasteiger partial charge in [0.1, 0.15) is 5.75 Å². The lowest BCUT2D eigenvalue weighted by Gasteiger charge is -2.33. The highest BCUT2D eigenvalue weighted by molar-refractivity contribution is 5.73. The monoisotopic (exact) mass is 449 g/mol. The molecule has 33 heavy (non-hydrogen) atoms. The van der Waals surface area contributed by atoms with Gasteiger partial charge in [-0.1, -0.05) is 103 Å². The highest BCUT2D eigenvalue weighted by Crippen LogP contribution is 2.43. The minimum atomic E-state index is 0.535. The molecule has 1 saturated carbocycles. The number of pyridine rings is 1. The third-order valence-corrected chi connectivity index (χ3v) is 7.84. The number of rotatable bonds is 14. The fourth-order valence-electron chi connectivity index (χ4n) is 5.63. The van der Waals surface area contributed by atoms with Crippen molar-refractivity contribution < 1.29 is 4.74 Å². The number of para-hydroxylation sites is 1. The van der Waals surface area contributed by atoms with Crippen LogP contribution >= 0.6 is 0 Å². The summed E-state index contributed by atoms with van der Waals surface area (Å²) in [5, 5.41) is 0. The van der Waals surface area contributed by atoms with Crippen LogP contribution in [0.15, 0.2) is 42.7 Å². The Morgan fingerprint density at radius 1 is 0.848 bits per heavy atom. The van der Waals surface area contributed by atoms with Gasteiger partial charge in [-0.3, -0.25) is 4.98 Å². The average molecular weight is 450 g/mol. The van der Waals surface area contributed by atoms with Crippen molar-refractivity contribution in [3.05, 3.63) is 48.3 Å². The second-order valence-corrected chi connectivity index (χ2v) is 10.3. The van der Waals surface area contributed by atoms with E-state index >= 15 is 0 Å². The Hall–Kier alpha value is -1.83. The topological polar surface area (TPSA) is 22.1 Å². The molecule has 2 heteroatoms. The lowest BCUT2D eigenvalue weighted by molar-refractivity contribution is 0.236. The molecule has 1 aromatic heterocycles. The standard InChI is InChI=1S/C31H47NO/c1-4-6-8-9-10-14-26-17-19-27(20-18-26)25(3)30-24-32-22-21-28(30)29-15-11-12-16-31(29)33-23-13-7-5-2/h11-12,15-16,21-22,24-27H,4-10,13-14,17-20,23H2,1-3H3. The number of unbranched alkanes of at least 4 members (excludes halogenated alkanes) is 6. The number of hydrogen-bond acceptors (Lipinski definition) is 2.